The minimum Gasteiger partial charge on any atom is -0.292 e. The normalized spacial score (nSPS) is 12.2. The van der Waals surface area contributed by atoms with Crippen molar-refractivity contribution in [1.29, 1.82) is 0 Å². The molecule has 0 fully saturated rings. The summed E-state index contributed by atoms with van der Waals surface area (Å²) >= 11 is 0. The van der Waals surface area contributed by atoms with E-state index in [1.807, 2.05) is 0 Å². The lowest BCUT2D eigenvalue weighted by molar-refractivity contribution is -0.121. The summed E-state index contributed by atoms with van der Waals surface area (Å²) in [5.74, 6) is 4.08. The van der Waals surface area contributed by atoms with Crippen LogP contribution >= 0.6 is 0 Å². The Balaban J connectivity index is 3.62. The maximum atomic E-state index is 10.2. The third-order valence-electron chi connectivity index (χ3n) is 0.680. The van der Waals surface area contributed by atoms with Crippen molar-refractivity contribution in [1.82, 2.24) is 5.43 Å². The summed E-state index contributed by atoms with van der Waals surface area (Å²) in [4.78, 5) is 19.8. The second-order valence-electron chi connectivity index (χ2n) is 1.29. The Morgan fingerprint density at radius 3 is 2.50 bits per heavy atom. The molecule has 0 spiro atoms. The number of nitrogens with one attached hydrogen (secondary N) is 1. The first-order chi connectivity index (χ1) is 3.72. The predicted octanol–water partition coefficient (Wildman–Crippen LogP) is -0.869. The summed E-state index contributed by atoms with van der Waals surface area (Å²) < 4.78 is 0. The average molecular weight is 117 g/mol. The third-order valence-corrected chi connectivity index (χ3v) is 0.680. The van der Waals surface area contributed by atoms with E-state index in [9.17, 15) is 9.70 Å². The summed E-state index contributed by atoms with van der Waals surface area (Å²) in [6, 6.07) is -0.889. The molecule has 8 heavy (non-hydrogen) atoms. The summed E-state index contributed by atoms with van der Waals surface area (Å²) in [5, 5.41) is 2.42. The Morgan fingerprint density at radius 2 is 2.38 bits per heavy atom. The number of amides is 1. The highest BCUT2D eigenvalue weighted by Crippen LogP contribution is 1.83. The predicted molar refractivity (Wildman–Crippen MR) is 27.6 cm³/mol. The molecule has 1 atom stereocenters. The number of hydrazine groups is 1. The molecule has 3 N–H and O–H groups in total. The lowest BCUT2D eigenvalue weighted by Gasteiger charge is -1.96. The van der Waals surface area contributed by atoms with Gasteiger partial charge in [0.1, 0.15) is 0 Å². The fourth-order valence-corrected chi connectivity index (χ4v) is 0.168. The van der Waals surface area contributed by atoms with Gasteiger partial charge in [-0.05, 0) is 6.92 Å². The fraction of sp³-hybridized carbons (Fsp3) is 0.667. The van der Waals surface area contributed by atoms with Gasteiger partial charge in [-0.2, -0.15) is 0 Å². The molecule has 1 amide bonds. The van der Waals surface area contributed by atoms with E-state index in [2.05, 4.69) is 11.0 Å². The lowest BCUT2D eigenvalue weighted by atomic mass is 10.3. The molecule has 0 rings (SSSR count). The highest BCUT2D eigenvalue weighted by molar-refractivity contribution is 5.80. The Morgan fingerprint density at radius 1 is 1.88 bits per heavy atom. The summed E-state index contributed by atoms with van der Waals surface area (Å²) in [7, 11) is 0. The molecule has 0 radical (unpaired) electrons. The van der Waals surface area contributed by atoms with Crippen LogP contribution in [0, 0.1) is 4.91 Å². The van der Waals surface area contributed by atoms with Gasteiger partial charge in [0.15, 0.2) is 6.04 Å². The van der Waals surface area contributed by atoms with Gasteiger partial charge in [0.05, 0.1) is 0 Å². The Labute approximate surface area is 46.2 Å². The molecule has 0 aliphatic heterocycles. The van der Waals surface area contributed by atoms with E-state index in [0.717, 1.165) is 0 Å². The summed E-state index contributed by atoms with van der Waals surface area (Å²) in [6.45, 7) is 1.36. The highest BCUT2D eigenvalue weighted by atomic mass is 16.3. The van der Waals surface area contributed by atoms with Crippen LogP contribution in [0.1, 0.15) is 6.92 Å². The Hall–Kier alpha value is -0.970. The second kappa shape index (κ2) is 3.09. The van der Waals surface area contributed by atoms with Crippen LogP contribution in [0.3, 0.4) is 0 Å². The number of hydrogen-bond donors (Lipinski definition) is 2. The number of hydrogen-bond acceptors (Lipinski definition) is 4. The molecule has 1 unspecified atom stereocenters. The van der Waals surface area contributed by atoms with Gasteiger partial charge in [0.25, 0.3) is 5.91 Å². The van der Waals surface area contributed by atoms with E-state index in [1.54, 1.807) is 5.43 Å². The molecular weight excluding hydrogens is 110 g/mol. The molecule has 0 aliphatic carbocycles. The molecule has 0 aromatic carbocycles. The Kier molecular flexibility index (Phi) is 2.71. The number of carbonyl (C=O) groups is 1. The van der Waals surface area contributed by atoms with Gasteiger partial charge in [0.2, 0.25) is 0 Å². The van der Waals surface area contributed by atoms with Crippen LogP contribution in [-0.4, -0.2) is 11.9 Å². The van der Waals surface area contributed by atoms with Crippen LogP contribution in [0.2, 0.25) is 0 Å². The maximum Gasteiger partial charge on any atom is 0.262 e. The molecule has 5 heteroatoms. The standard InChI is InChI=1S/C3H7N3O2/c1-2(6-8)3(7)5-4/h2H,4H2,1H3,(H,5,7). The van der Waals surface area contributed by atoms with E-state index < -0.39 is 11.9 Å². The van der Waals surface area contributed by atoms with Crippen molar-refractivity contribution in [2.45, 2.75) is 13.0 Å². The maximum absolute atomic E-state index is 10.2. The van der Waals surface area contributed by atoms with Crippen LogP contribution in [-0.2, 0) is 4.79 Å². The van der Waals surface area contributed by atoms with Gasteiger partial charge in [-0.3, -0.25) is 10.2 Å². The molecule has 0 saturated carbocycles. The lowest BCUT2D eigenvalue weighted by Crippen LogP contribution is -2.36. The molecule has 0 aromatic heterocycles. The first kappa shape index (κ1) is 7.03. The highest BCUT2D eigenvalue weighted by Gasteiger charge is 2.08. The van der Waals surface area contributed by atoms with E-state index in [-0.39, 0.29) is 0 Å². The minimum absolute atomic E-state index is 0.569. The summed E-state index contributed by atoms with van der Waals surface area (Å²) in [5.41, 5.74) is 1.78. The molecule has 5 nitrogen and oxygen atoms in total. The molecule has 0 bridgehead atoms. The SMILES string of the molecule is CC(N=O)C(=O)NN. The topological polar surface area (TPSA) is 84.5 Å². The van der Waals surface area contributed by atoms with E-state index in [0.29, 0.717) is 0 Å². The zero-order valence-corrected chi connectivity index (χ0v) is 4.42. The average Bonchev–Trinajstić information content (AvgIpc) is 1.84. The van der Waals surface area contributed by atoms with Crippen LogP contribution in [0.15, 0.2) is 5.18 Å². The Bertz CT molecular complexity index is 103. The fourth-order valence-electron chi connectivity index (χ4n) is 0.168. The molecule has 0 aliphatic rings. The van der Waals surface area contributed by atoms with Crippen LogP contribution in [0.5, 0.6) is 0 Å². The van der Waals surface area contributed by atoms with E-state index >= 15 is 0 Å². The molecule has 46 valence electrons. The van der Waals surface area contributed by atoms with Crippen LogP contribution in [0.25, 0.3) is 0 Å². The number of nitrogens with zero attached hydrogens (tertiary/aromatic N) is 1. The van der Waals surface area contributed by atoms with Crippen molar-refractivity contribution in [2.24, 2.45) is 11.0 Å². The number of nitroso groups, excluding NO2 is 1. The zero-order valence-electron chi connectivity index (χ0n) is 4.42. The molecular formula is C3H7N3O2. The number of carbonyl (C=O) groups excluding carboxylic acids is 1. The van der Waals surface area contributed by atoms with Crippen molar-refractivity contribution in [3.63, 3.8) is 0 Å². The first-order valence-electron chi connectivity index (χ1n) is 2.05. The van der Waals surface area contributed by atoms with Gasteiger partial charge in [-0.15, -0.1) is 4.91 Å². The van der Waals surface area contributed by atoms with E-state index in [4.69, 9.17) is 0 Å². The minimum atomic E-state index is -0.889. The molecule has 0 heterocycles. The number of rotatable bonds is 2. The van der Waals surface area contributed by atoms with Gasteiger partial charge in [-0.25, -0.2) is 5.84 Å². The van der Waals surface area contributed by atoms with E-state index in [1.165, 1.54) is 6.92 Å². The van der Waals surface area contributed by atoms with Gasteiger partial charge < -0.3 is 0 Å². The second-order valence-corrected chi connectivity index (χ2v) is 1.29. The first-order valence-corrected chi connectivity index (χ1v) is 2.05. The van der Waals surface area contributed by atoms with Crippen LogP contribution in [0.4, 0.5) is 0 Å². The summed E-state index contributed by atoms with van der Waals surface area (Å²) in [6.07, 6.45) is 0. The molecule has 0 aromatic rings. The number of nitrogens with two attached hydrogens (primary N) is 1. The van der Waals surface area contributed by atoms with Crippen molar-refractivity contribution >= 4 is 5.91 Å². The van der Waals surface area contributed by atoms with Crippen LogP contribution < -0.4 is 11.3 Å². The van der Waals surface area contributed by atoms with Crippen molar-refractivity contribution in [2.75, 3.05) is 0 Å². The smallest absolute Gasteiger partial charge is 0.262 e. The zero-order chi connectivity index (χ0) is 6.57. The quantitative estimate of drug-likeness (QED) is 0.213. The monoisotopic (exact) mass is 117 g/mol. The van der Waals surface area contributed by atoms with Crippen molar-refractivity contribution in [3.05, 3.63) is 4.91 Å². The molecule has 0 saturated heterocycles. The third kappa shape index (κ3) is 1.65. The van der Waals surface area contributed by atoms with Crippen molar-refractivity contribution < 1.29 is 4.79 Å². The van der Waals surface area contributed by atoms with Gasteiger partial charge in [0, 0.05) is 0 Å². The largest absolute Gasteiger partial charge is 0.292 e. The van der Waals surface area contributed by atoms with Gasteiger partial charge in [-0.1, -0.05) is 5.18 Å². The van der Waals surface area contributed by atoms with Gasteiger partial charge >= 0.3 is 0 Å². The van der Waals surface area contributed by atoms with Crippen molar-refractivity contribution in [3.8, 4) is 0 Å².